The summed E-state index contributed by atoms with van der Waals surface area (Å²) in [5, 5.41) is 19.9. The first kappa shape index (κ1) is 15.2. The second kappa shape index (κ2) is 6.51. The highest BCUT2D eigenvalue weighted by molar-refractivity contribution is 5.90. The summed E-state index contributed by atoms with van der Waals surface area (Å²) in [6.07, 6.45) is 5.24. The maximum absolute atomic E-state index is 11.1. The lowest BCUT2D eigenvalue weighted by Gasteiger charge is -2.36. The third-order valence-corrected chi connectivity index (χ3v) is 4.00. The minimum absolute atomic E-state index is 0.110. The second-order valence-electron chi connectivity index (χ2n) is 5.65. The summed E-state index contributed by atoms with van der Waals surface area (Å²) in [5.41, 5.74) is 4.99. The zero-order chi connectivity index (χ0) is 15.3. The van der Waals surface area contributed by atoms with E-state index in [2.05, 4.69) is 15.5 Å². The molecule has 114 valence electrons. The molecule has 1 saturated carbocycles. The molecule has 0 radical (unpaired) electrons. The van der Waals surface area contributed by atoms with E-state index in [1.54, 1.807) is 6.07 Å². The predicted octanol–water partition coefficient (Wildman–Crippen LogP) is 1.41. The number of primary amides is 1. The fourth-order valence-electron chi connectivity index (χ4n) is 2.87. The molecule has 2 rings (SSSR count). The molecule has 1 heterocycles. The topological polar surface area (TPSA) is 118 Å². The summed E-state index contributed by atoms with van der Waals surface area (Å²) in [6.45, 7) is 0.546. The molecule has 0 saturated heterocycles. The van der Waals surface area contributed by atoms with Gasteiger partial charge in [-0.3, -0.25) is 9.59 Å². The van der Waals surface area contributed by atoms with Crippen LogP contribution in [0, 0.1) is 5.41 Å². The summed E-state index contributed by atoms with van der Waals surface area (Å²) in [6, 6.07) is 3.13. The number of anilines is 1. The predicted molar refractivity (Wildman–Crippen MR) is 76.8 cm³/mol. The number of carboxylic acids is 1. The number of hydrogen-bond donors (Lipinski definition) is 3. The van der Waals surface area contributed by atoms with Gasteiger partial charge in [-0.25, -0.2) is 0 Å². The third kappa shape index (κ3) is 4.14. The number of rotatable bonds is 6. The van der Waals surface area contributed by atoms with Crippen molar-refractivity contribution in [3.05, 3.63) is 17.8 Å². The largest absolute Gasteiger partial charge is 0.481 e. The Morgan fingerprint density at radius 2 is 1.95 bits per heavy atom. The molecule has 7 nitrogen and oxygen atoms in total. The number of nitrogens with zero attached hydrogens (tertiary/aromatic N) is 2. The SMILES string of the molecule is NC(=O)c1ccc(NCC2(CC(=O)O)CCCCC2)nn1. The maximum atomic E-state index is 11.1. The van der Waals surface area contributed by atoms with Gasteiger partial charge in [0.1, 0.15) is 5.82 Å². The normalized spacial score (nSPS) is 17.1. The Balaban J connectivity index is 2.00. The fourth-order valence-corrected chi connectivity index (χ4v) is 2.87. The Hall–Kier alpha value is -2.18. The number of hydrogen-bond acceptors (Lipinski definition) is 5. The molecule has 1 fully saturated rings. The number of aliphatic carboxylic acids is 1. The van der Waals surface area contributed by atoms with Gasteiger partial charge in [0.05, 0.1) is 6.42 Å². The van der Waals surface area contributed by atoms with Crippen molar-refractivity contribution in [1.82, 2.24) is 10.2 Å². The molecule has 0 bridgehead atoms. The summed E-state index contributed by atoms with van der Waals surface area (Å²) in [5.74, 6) is -0.868. The van der Waals surface area contributed by atoms with E-state index < -0.39 is 11.9 Å². The first-order valence-corrected chi connectivity index (χ1v) is 7.10. The van der Waals surface area contributed by atoms with Crippen molar-refractivity contribution in [1.29, 1.82) is 0 Å². The monoisotopic (exact) mass is 292 g/mol. The summed E-state index contributed by atoms with van der Waals surface area (Å²) >= 11 is 0. The van der Waals surface area contributed by atoms with Gasteiger partial charge in [-0.1, -0.05) is 19.3 Å². The molecule has 1 aliphatic rings. The van der Waals surface area contributed by atoms with Gasteiger partial charge >= 0.3 is 5.97 Å². The first-order chi connectivity index (χ1) is 10.0. The van der Waals surface area contributed by atoms with Crippen molar-refractivity contribution >= 4 is 17.7 Å². The van der Waals surface area contributed by atoms with Crippen molar-refractivity contribution in [2.75, 3.05) is 11.9 Å². The summed E-state index contributed by atoms with van der Waals surface area (Å²) in [7, 11) is 0. The van der Waals surface area contributed by atoms with E-state index in [1.165, 1.54) is 6.07 Å². The van der Waals surface area contributed by atoms with E-state index in [0.29, 0.717) is 12.4 Å². The van der Waals surface area contributed by atoms with Crippen LogP contribution in [0.1, 0.15) is 49.0 Å². The molecule has 1 aromatic rings. The third-order valence-electron chi connectivity index (χ3n) is 4.00. The van der Waals surface area contributed by atoms with Gasteiger partial charge < -0.3 is 16.2 Å². The lowest BCUT2D eigenvalue weighted by atomic mass is 9.72. The summed E-state index contributed by atoms with van der Waals surface area (Å²) < 4.78 is 0. The highest BCUT2D eigenvalue weighted by Crippen LogP contribution is 2.39. The number of nitrogens with one attached hydrogen (secondary N) is 1. The van der Waals surface area contributed by atoms with Crippen LogP contribution >= 0.6 is 0 Å². The zero-order valence-corrected chi connectivity index (χ0v) is 11.8. The number of aromatic nitrogens is 2. The number of carboxylic acid groups (broad SMARTS) is 1. The van der Waals surface area contributed by atoms with E-state index in [4.69, 9.17) is 10.8 Å². The molecule has 0 spiro atoms. The van der Waals surface area contributed by atoms with Gasteiger partial charge in [-0.2, -0.15) is 0 Å². The van der Waals surface area contributed by atoms with E-state index in [9.17, 15) is 9.59 Å². The van der Waals surface area contributed by atoms with Crippen molar-refractivity contribution in [3.63, 3.8) is 0 Å². The van der Waals surface area contributed by atoms with Gasteiger partial charge in [0.25, 0.3) is 5.91 Å². The van der Waals surface area contributed by atoms with E-state index in [1.807, 2.05) is 0 Å². The van der Waals surface area contributed by atoms with Crippen LogP contribution in [0.5, 0.6) is 0 Å². The average Bonchev–Trinajstić information content (AvgIpc) is 2.46. The fraction of sp³-hybridized carbons (Fsp3) is 0.571. The Kier molecular flexibility index (Phi) is 4.72. The molecule has 7 heteroatoms. The standard InChI is InChI=1S/C14H20N4O3/c15-13(21)10-4-5-11(18-17-10)16-9-14(8-12(19)20)6-2-1-3-7-14/h4-5H,1-3,6-9H2,(H2,15,21)(H,16,18)(H,19,20). The smallest absolute Gasteiger partial charge is 0.303 e. The lowest BCUT2D eigenvalue weighted by Crippen LogP contribution is -2.34. The average molecular weight is 292 g/mol. The van der Waals surface area contributed by atoms with Gasteiger partial charge in [-0.05, 0) is 30.4 Å². The van der Waals surface area contributed by atoms with Crippen molar-refractivity contribution in [2.24, 2.45) is 11.1 Å². The number of carbonyl (C=O) groups is 2. The molecule has 1 aliphatic carbocycles. The first-order valence-electron chi connectivity index (χ1n) is 7.10. The van der Waals surface area contributed by atoms with Gasteiger partial charge in [-0.15, -0.1) is 10.2 Å². The molecule has 4 N–H and O–H groups in total. The quantitative estimate of drug-likeness (QED) is 0.729. The molecular weight excluding hydrogens is 272 g/mol. The molecule has 0 unspecified atom stereocenters. The molecular formula is C14H20N4O3. The molecule has 0 aliphatic heterocycles. The van der Waals surface area contributed by atoms with Crippen molar-refractivity contribution in [2.45, 2.75) is 38.5 Å². The highest BCUT2D eigenvalue weighted by Gasteiger charge is 2.34. The Labute approximate surface area is 122 Å². The molecule has 21 heavy (non-hydrogen) atoms. The second-order valence-corrected chi connectivity index (χ2v) is 5.65. The minimum Gasteiger partial charge on any atom is -0.481 e. The van der Waals surface area contributed by atoms with Crippen LogP contribution < -0.4 is 11.1 Å². The van der Waals surface area contributed by atoms with Gasteiger partial charge in [0.15, 0.2) is 5.69 Å². The van der Waals surface area contributed by atoms with Crippen LogP contribution in [0.2, 0.25) is 0 Å². The number of nitrogens with two attached hydrogens (primary N) is 1. The van der Waals surface area contributed by atoms with E-state index in [0.717, 1.165) is 32.1 Å². The van der Waals surface area contributed by atoms with Crippen LogP contribution in [0.3, 0.4) is 0 Å². The lowest BCUT2D eigenvalue weighted by molar-refractivity contribution is -0.140. The Bertz CT molecular complexity index is 509. The minimum atomic E-state index is -0.770. The molecule has 1 aromatic heterocycles. The van der Waals surface area contributed by atoms with Crippen molar-refractivity contribution < 1.29 is 14.7 Å². The van der Waals surface area contributed by atoms with Crippen LogP contribution in [0.25, 0.3) is 0 Å². The summed E-state index contributed by atoms with van der Waals surface area (Å²) in [4.78, 5) is 22.0. The Morgan fingerprint density at radius 1 is 1.24 bits per heavy atom. The van der Waals surface area contributed by atoms with Crippen LogP contribution in [-0.2, 0) is 4.79 Å². The molecule has 1 amide bonds. The zero-order valence-electron chi connectivity index (χ0n) is 11.8. The van der Waals surface area contributed by atoms with Crippen LogP contribution in [-0.4, -0.2) is 33.7 Å². The molecule has 0 aromatic carbocycles. The van der Waals surface area contributed by atoms with E-state index >= 15 is 0 Å². The van der Waals surface area contributed by atoms with Gasteiger partial charge in [0.2, 0.25) is 0 Å². The number of carbonyl (C=O) groups excluding carboxylic acids is 1. The van der Waals surface area contributed by atoms with Crippen LogP contribution in [0.4, 0.5) is 5.82 Å². The number of amides is 1. The van der Waals surface area contributed by atoms with Crippen LogP contribution in [0.15, 0.2) is 12.1 Å². The highest BCUT2D eigenvalue weighted by atomic mass is 16.4. The Morgan fingerprint density at radius 3 is 2.48 bits per heavy atom. The van der Waals surface area contributed by atoms with Gasteiger partial charge in [0, 0.05) is 6.54 Å². The van der Waals surface area contributed by atoms with Crippen molar-refractivity contribution in [3.8, 4) is 0 Å². The molecule has 0 atom stereocenters. The van der Waals surface area contributed by atoms with E-state index in [-0.39, 0.29) is 17.5 Å². The maximum Gasteiger partial charge on any atom is 0.303 e.